The Morgan fingerprint density at radius 3 is 2.95 bits per heavy atom. The van der Waals surface area contributed by atoms with E-state index in [2.05, 4.69) is 33.3 Å². The van der Waals surface area contributed by atoms with Crippen LogP contribution < -0.4 is 10.6 Å². The highest BCUT2D eigenvalue weighted by molar-refractivity contribution is 7.08. The van der Waals surface area contributed by atoms with Crippen LogP contribution in [-0.2, 0) is 6.54 Å². The summed E-state index contributed by atoms with van der Waals surface area (Å²) >= 11 is 1.65. The molecule has 2 aromatic heterocycles. The number of carbonyl (C=O) groups is 1. The van der Waals surface area contributed by atoms with Crippen LogP contribution in [0, 0.1) is 6.92 Å². The van der Waals surface area contributed by atoms with Gasteiger partial charge < -0.3 is 10.6 Å². The van der Waals surface area contributed by atoms with Crippen molar-refractivity contribution in [1.82, 2.24) is 10.3 Å². The van der Waals surface area contributed by atoms with E-state index in [1.807, 2.05) is 6.92 Å². The van der Waals surface area contributed by atoms with Crippen molar-refractivity contribution in [3.05, 3.63) is 45.9 Å². The van der Waals surface area contributed by atoms with Gasteiger partial charge in [0.1, 0.15) is 0 Å². The topological polar surface area (TPSA) is 54.0 Å². The first-order valence-corrected chi connectivity index (χ1v) is 7.14. The Kier molecular flexibility index (Phi) is 4.52. The number of aryl methyl sites for hydroxylation is 1. The normalized spacial score (nSPS) is 10.2. The minimum Gasteiger partial charge on any atom is -0.383 e. The van der Waals surface area contributed by atoms with Gasteiger partial charge in [-0.05, 0) is 41.8 Å². The Bertz CT molecular complexity index is 565. The van der Waals surface area contributed by atoms with Crippen molar-refractivity contribution in [2.24, 2.45) is 0 Å². The summed E-state index contributed by atoms with van der Waals surface area (Å²) in [6, 6.07) is 1.73. The van der Waals surface area contributed by atoms with Gasteiger partial charge >= 0.3 is 0 Å². The van der Waals surface area contributed by atoms with E-state index in [-0.39, 0.29) is 5.91 Å². The molecule has 0 saturated carbocycles. The lowest BCUT2D eigenvalue weighted by Crippen LogP contribution is -2.24. The predicted molar refractivity (Wildman–Crippen MR) is 78.6 cm³/mol. The highest BCUT2D eigenvalue weighted by atomic mass is 32.1. The second kappa shape index (κ2) is 6.33. The average Bonchev–Trinajstić information content (AvgIpc) is 2.82. The van der Waals surface area contributed by atoms with Gasteiger partial charge in [0.25, 0.3) is 5.91 Å². The van der Waals surface area contributed by atoms with Gasteiger partial charge in [0.2, 0.25) is 0 Å². The summed E-state index contributed by atoms with van der Waals surface area (Å²) < 4.78 is 0. The number of anilines is 1. The lowest BCUT2D eigenvalue weighted by Gasteiger charge is -2.10. The Labute approximate surface area is 116 Å². The molecule has 2 aromatic rings. The molecule has 4 nitrogen and oxygen atoms in total. The van der Waals surface area contributed by atoms with Crippen LogP contribution in [0.4, 0.5) is 5.69 Å². The number of hydrogen-bond acceptors (Lipinski definition) is 4. The summed E-state index contributed by atoms with van der Waals surface area (Å²) in [7, 11) is 0. The van der Waals surface area contributed by atoms with Crippen LogP contribution in [0.15, 0.2) is 29.2 Å². The van der Waals surface area contributed by atoms with E-state index in [1.54, 1.807) is 29.8 Å². The molecule has 0 atom stereocenters. The number of nitrogens with zero attached hydrogens (tertiary/aromatic N) is 1. The third-order valence-electron chi connectivity index (χ3n) is 2.83. The minimum atomic E-state index is -0.0797. The van der Waals surface area contributed by atoms with Crippen molar-refractivity contribution in [2.45, 2.75) is 20.4 Å². The molecule has 0 saturated heterocycles. The summed E-state index contributed by atoms with van der Waals surface area (Å²) in [5.74, 6) is -0.0797. The first kappa shape index (κ1) is 13.5. The maximum Gasteiger partial charge on any atom is 0.253 e. The summed E-state index contributed by atoms with van der Waals surface area (Å²) in [6.07, 6.45) is 3.31. The second-order valence-corrected chi connectivity index (χ2v) is 4.96. The molecule has 0 aliphatic heterocycles. The third-order valence-corrected chi connectivity index (χ3v) is 3.74. The Hall–Kier alpha value is -1.88. The molecule has 1 amide bonds. The maximum absolute atomic E-state index is 12.2. The van der Waals surface area contributed by atoms with Gasteiger partial charge in [0.05, 0.1) is 17.4 Å². The highest BCUT2D eigenvalue weighted by Crippen LogP contribution is 2.15. The SMILES string of the molecule is CCNc1cnccc1C(=O)NCc1cscc1C. The number of aromatic nitrogens is 1. The Balaban J connectivity index is 2.06. The molecule has 2 heterocycles. The van der Waals surface area contributed by atoms with Crippen LogP contribution >= 0.6 is 11.3 Å². The van der Waals surface area contributed by atoms with Crippen molar-refractivity contribution >= 4 is 22.9 Å². The van der Waals surface area contributed by atoms with E-state index in [0.717, 1.165) is 17.8 Å². The Morgan fingerprint density at radius 2 is 2.26 bits per heavy atom. The molecule has 0 bridgehead atoms. The molecule has 100 valence electrons. The molecule has 0 aromatic carbocycles. The zero-order valence-electron chi connectivity index (χ0n) is 11.1. The lowest BCUT2D eigenvalue weighted by molar-refractivity contribution is 0.0951. The van der Waals surface area contributed by atoms with Crippen molar-refractivity contribution in [3.63, 3.8) is 0 Å². The van der Waals surface area contributed by atoms with Gasteiger partial charge in [0, 0.05) is 19.3 Å². The fourth-order valence-corrected chi connectivity index (χ4v) is 2.62. The van der Waals surface area contributed by atoms with Crippen molar-refractivity contribution in [2.75, 3.05) is 11.9 Å². The molecule has 0 unspecified atom stereocenters. The van der Waals surface area contributed by atoms with Gasteiger partial charge in [-0.2, -0.15) is 11.3 Å². The van der Waals surface area contributed by atoms with E-state index in [1.165, 1.54) is 5.56 Å². The fourth-order valence-electron chi connectivity index (χ4n) is 1.76. The minimum absolute atomic E-state index is 0.0797. The highest BCUT2D eigenvalue weighted by Gasteiger charge is 2.11. The molecule has 19 heavy (non-hydrogen) atoms. The number of rotatable bonds is 5. The number of pyridine rings is 1. The van der Waals surface area contributed by atoms with Crippen LogP contribution in [0.25, 0.3) is 0 Å². The molecular weight excluding hydrogens is 258 g/mol. The van der Waals surface area contributed by atoms with Crippen molar-refractivity contribution < 1.29 is 4.79 Å². The zero-order valence-corrected chi connectivity index (χ0v) is 11.9. The monoisotopic (exact) mass is 275 g/mol. The van der Waals surface area contributed by atoms with Gasteiger partial charge in [-0.3, -0.25) is 9.78 Å². The number of thiophene rings is 1. The maximum atomic E-state index is 12.2. The van der Waals surface area contributed by atoms with Crippen LogP contribution in [0.2, 0.25) is 0 Å². The molecule has 5 heteroatoms. The summed E-state index contributed by atoms with van der Waals surface area (Å²) in [5, 5.41) is 10.2. The Morgan fingerprint density at radius 1 is 1.42 bits per heavy atom. The number of hydrogen-bond donors (Lipinski definition) is 2. The van der Waals surface area contributed by atoms with Crippen molar-refractivity contribution in [1.29, 1.82) is 0 Å². The summed E-state index contributed by atoms with van der Waals surface area (Å²) in [4.78, 5) is 16.2. The molecule has 0 spiro atoms. The van der Waals surface area contributed by atoms with Gasteiger partial charge in [0.15, 0.2) is 0 Å². The van der Waals surface area contributed by atoms with Gasteiger partial charge in [-0.1, -0.05) is 0 Å². The molecule has 0 fully saturated rings. The molecule has 2 rings (SSSR count). The molecule has 2 N–H and O–H groups in total. The number of nitrogens with one attached hydrogen (secondary N) is 2. The molecule has 0 radical (unpaired) electrons. The number of amides is 1. The summed E-state index contributed by atoms with van der Waals surface area (Å²) in [5.41, 5.74) is 3.78. The lowest BCUT2D eigenvalue weighted by atomic mass is 10.2. The van der Waals surface area contributed by atoms with E-state index >= 15 is 0 Å². The third kappa shape index (κ3) is 3.32. The molecule has 0 aliphatic carbocycles. The smallest absolute Gasteiger partial charge is 0.253 e. The zero-order chi connectivity index (χ0) is 13.7. The molecule has 0 aliphatic rings. The fraction of sp³-hybridized carbons (Fsp3) is 0.286. The van der Waals surface area contributed by atoms with Crippen LogP contribution in [0.3, 0.4) is 0 Å². The second-order valence-electron chi connectivity index (χ2n) is 4.21. The number of carbonyl (C=O) groups excluding carboxylic acids is 1. The average molecular weight is 275 g/mol. The quantitative estimate of drug-likeness (QED) is 0.882. The summed E-state index contributed by atoms with van der Waals surface area (Å²) in [6.45, 7) is 5.36. The first-order valence-electron chi connectivity index (χ1n) is 6.20. The van der Waals surface area contributed by atoms with E-state index in [0.29, 0.717) is 12.1 Å². The van der Waals surface area contributed by atoms with E-state index in [4.69, 9.17) is 0 Å². The standard InChI is InChI=1S/C14H17N3OS/c1-3-16-13-7-15-5-4-12(13)14(18)17-6-11-9-19-8-10(11)2/h4-5,7-9,16H,3,6H2,1-2H3,(H,17,18). The predicted octanol–water partition coefficient (Wildman–Crippen LogP) is 2.81. The van der Waals surface area contributed by atoms with E-state index in [9.17, 15) is 4.79 Å². The van der Waals surface area contributed by atoms with Gasteiger partial charge in [-0.25, -0.2) is 0 Å². The van der Waals surface area contributed by atoms with Crippen LogP contribution in [0.1, 0.15) is 28.4 Å². The first-order chi connectivity index (χ1) is 9.22. The van der Waals surface area contributed by atoms with Crippen molar-refractivity contribution in [3.8, 4) is 0 Å². The van der Waals surface area contributed by atoms with Crippen LogP contribution in [0.5, 0.6) is 0 Å². The van der Waals surface area contributed by atoms with Crippen LogP contribution in [-0.4, -0.2) is 17.4 Å². The van der Waals surface area contributed by atoms with E-state index < -0.39 is 0 Å². The molecular formula is C14H17N3OS. The van der Waals surface area contributed by atoms with Gasteiger partial charge in [-0.15, -0.1) is 0 Å². The largest absolute Gasteiger partial charge is 0.383 e.